The lowest BCUT2D eigenvalue weighted by molar-refractivity contribution is 0.731. The van der Waals surface area contributed by atoms with E-state index in [9.17, 15) is 0 Å². The number of nitrogens with zero attached hydrogens (tertiary/aromatic N) is 5. The Morgan fingerprint density at radius 3 is 2.16 bits per heavy atom. The van der Waals surface area contributed by atoms with E-state index in [0.29, 0.717) is 0 Å². The molecule has 0 saturated heterocycles. The third-order valence-corrected chi connectivity index (χ3v) is 5.83. The van der Waals surface area contributed by atoms with E-state index in [0.717, 1.165) is 44.0 Å². The number of tetrazole rings is 1. The molecule has 6 nitrogen and oxygen atoms in total. The number of anilines is 2. The van der Waals surface area contributed by atoms with Crippen LogP contribution in [0.1, 0.15) is 28.6 Å². The molecule has 7 heteroatoms. The fraction of sp³-hybridized carbons (Fsp3) is 0.208. The monoisotopic (exact) mass is 476 g/mol. The van der Waals surface area contributed by atoms with Crippen LogP contribution in [0.25, 0.3) is 5.69 Å². The summed E-state index contributed by atoms with van der Waals surface area (Å²) in [4.78, 5) is 2.09. The average Bonchev–Trinajstić information content (AvgIpc) is 3.22. The number of benzene rings is 3. The zero-order valence-corrected chi connectivity index (χ0v) is 19.6. The molecule has 4 aromatic rings. The highest BCUT2D eigenvalue weighted by Crippen LogP contribution is 2.30. The number of aromatic nitrogens is 4. The molecule has 31 heavy (non-hydrogen) atoms. The summed E-state index contributed by atoms with van der Waals surface area (Å²) < 4.78 is 2.88. The first-order valence-corrected chi connectivity index (χ1v) is 10.9. The molecule has 0 radical (unpaired) electrons. The summed E-state index contributed by atoms with van der Waals surface area (Å²) in [7, 11) is 4.07. The van der Waals surface area contributed by atoms with E-state index in [-0.39, 0.29) is 6.04 Å². The number of nitrogens with one attached hydrogen (secondary N) is 1. The van der Waals surface area contributed by atoms with Crippen LogP contribution in [-0.4, -0.2) is 34.3 Å². The van der Waals surface area contributed by atoms with Crippen molar-refractivity contribution >= 4 is 27.3 Å². The lowest BCUT2D eigenvalue weighted by Gasteiger charge is -2.22. The van der Waals surface area contributed by atoms with E-state index in [1.54, 1.807) is 0 Å². The summed E-state index contributed by atoms with van der Waals surface area (Å²) in [5, 5.41) is 16.5. The van der Waals surface area contributed by atoms with Crippen LogP contribution in [0, 0.1) is 13.8 Å². The van der Waals surface area contributed by atoms with Crippen molar-refractivity contribution in [3.05, 3.63) is 93.7 Å². The molecular weight excluding hydrogens is 452 g/mol. The van der Waals surface area contributed by atoms with Crippen molar-refractivity contribution in [1.82, 2.24) is 20.2 Å². The number of para-hydroxylation sites is 1. The molecule has 4 rings (SSSR count). The molecule has 3 aromatic carbocycles. The molecule has 158 valence electrons. The minimum atomic E-state index is -0.230. The van der Waals surface area contributed by atoms with E-state index in [4.69, 9.17) is 0 Å². The number of aryl methyl sites for hydroxylation is 2. The molecule has 1 N–H and O–H groups in total. The van der Waals surface area contributed by atoms with Crippen molar-refractivity contribution < 1.29 is 0 Å². The molecule has 1 atom stereocenters. The number of rotatable bonds is 6. The third kappa shape index (κ3) is 4.46. The van der Waals surface area contributed by atoms with Crippen molar-refractivity contribution in [3.8, 4) is 5.69 Å². The number of hydrogen-bond donors (Lipinski definition) is 1. The molecule has 0 aliphatic heterocycles. The maximum atomic E-state index is 4.44. The average molecular weight is 477 g/mol. The van der Waals surface area contributed by atoms with E-state index < -0.39 is 0 Å². The standard InChI is InChI=1S/C24H25BrN6/c1-16-6-5-7-17(2)23(16)31-24(27-28-29-31)22(26-20-12-10-19(25)11-13-20)18-8-14-21(15-9-18)30(3)4/h5-15,22,26H,1-4H3/t22-/m1/s1. The van der Waals surface area contributed by atoms with Gasteiger partial charge in [-0.1, -0.05) is 46.3 Å². The normalized spacial score (nSPS) is 11.9. The van der Waals surface area contributed by atoms with E-state index in [1.807, 2.05) is 43.0 Å². The molecule has 1 aromatic heterocycles. The van der Waals surface area contributed by atoms with Gasteiger partial charge in [-0.25, -0.2) is 0 Å². The lowest BCUT2D eigenvalue weighted by atomic mass is 10.0. The van der Waals surface area contributed by atoms with Gasteiger partial charge in [0.15, 0.2) is 5.82 Å². The molecule has 0 fully saturated rings. The largest absolute Gasteiger partial charge is 0.378 e. The molecule has 0 aliphatic carbocycles. The zero-order valence-electron chi connectivity index (χ0n) is 18.0. The molecule has 0 amide bonds. The van der Waals surface area contributed by atoms with Crippen LogP contribution >= 0.6 is 15.9 Å². The second kappa shape index (κ2) is 8.89. The molecule has 1 heterocycles. The van der Waals surface area contributed by atoms with Crippen molar-refractivity contribution in [3.63, 3.8) is 0 Å². The van der Waals surface area contributed by atoms with Crippen LogP contribution in [0.4, 0.5) is 11.4 Å². The van der Waals surface area contributed by atoms with Gasteiger partial charge in [0.1, 0.15) is 6.04 Å². The molecule has 0 saturated carbocycles. The van der Waals surface area contributed by atoms with Crippen LogP contribution in [0.5, 0.6) is 0 Å². The molecule has 0 aliphatic rings. The van der Waals surface area contributed by atoms with Crippen LogP contribution < -0.4 is 10.2 Å². The van der Waals surface area contributed by atoms with Crippen molar-refractivity contribution in [2.24, 2.45) is 0 Å². The maximum absolute atomic E-state index is 4.44. The second-order valence-electron chi connectivity index (χ2n) is 7.76. The summed E-state index contributed by atoms with van der Waals surface area (Å²) in [6.07, 6.45) is 0. The van der Waals surface area contributed by atoms with E-state index in [2.05, 4.69) is 98.0 Å². The predicted octanol–water partition coefficient (Wildman–Crippen LogP) is 5.31. The smallest absolute Gasteiger partial charge is 0.183 e. The minimum Gasteiger partial charge on any atom is -0.378 e. The fourth-order valence-electron chi connectivity index (χ4n) is 3.65. The van der Waals surface area contributed by atoms with Crippen molar-refractivity contribution in [2.75, 3.05) is 24.3 Å². The Labute approximate surface area is 191 Å². The SMILES string of the molecule is Cc1cccc(C)c1-n1nnnc1[C@H](Nc1ccc(Br)cc1)c1ccc(N(C)C)cc1. The van der Waals surface area contributed by atoms with Gasteiger partial charge in [0, 0.05) is 29.9 Å². The Balaban J connectivity index is 1.82. The topological polar surface area (TPSA) is 58.9 Å². The Kier molecular flexibility index (Phi) is 6.04. The second-order valence-corrected chi connectivity index (χ2v) is 8.68. The van der Waals surface area contributed by atoms with Gasteiger partial charge in [-0.05, 0) is 77.4 Å². The summed E-state index contributed by atoms with van der Waals surface area (Å²) in [6, 6.07) is 22.6. The van der Waals surface area contributed by atoms with Crippen LogP contribution in [-0.2, 0) is 0 Å². The first-order valence-electron chi connectivity index (χ1n) is 10.1. The van der Waals surface area contributed by atoms with Gasteiger partial charge in [-0.2, -0.15) is 4.68 Å². The number of halogens is 1. The Hall–Kier alpha value is -3.19. The Morgan fingerprint density at radius 1 is 0.903 bits per heavy atom. The van der Waals surface area contributed by atoms with Gasteiger partial charge in [0.2, 0.25) is 0 Å². The molecule has 0 spiro atoms. The van der Waals surface area contributed by atoms with Gasteiger partial charge in [-0.15, -0.1) is 5.10 Å². The highest BCUT2D eigenvalue weighted by atomic mass is 79.9. The zero-order chi connectivity index (χ0) is 22.0. The van der Waals surface area contributed by atoms with Crippen LogP contribution in [0.3, 0.4) is 0 Å². The van der Waals surface area contributed by atoms with Crippen molar-refractivity contribution in [2.45, 2.75) is 19.9 Å². The fourth-order valence-corrected chi connectivity index (χ4v) is 3.91. The molecular formula is C24H25BrN6. The summed E-state index contributed by atoms with van der Waals surface area (Å²) >= 11 is 3.51. The number of hydrogen-bond acceptors (Lipinski definition) is 5. The summed E-state index contributed by atoms with van der Waals surface area (Å²) in [5.41, 5.74) is 6.46. The Morgan fingerprint density at radius 2 is 1.55 bits per heavy atom. The van der Waals surface area contributed by atoms with Gasteiger partial charge in [0.25, 0.3) is 0 Å². The summed E-state index contributed by atoms with van der Waals surface area (Å²) in [6.45, 7) is 4.16. The van der Waals surface area contributed by atoms with E-state index >= 15 is 0 Å². The van der Waals surface area contributed by atoms with Gasteiger partial charge >= 0.3 is 0 Å². The predicted molar refractivity (Wildman–Crippen MR) is 129 cm³/mol. The first kappa shape index (κ1) is 21.1. The lowest BCUT2D eigenvalue weighted by Crippen LogP contribution is -2.19. The quantitative estimate of drug-likeness (QED) is 0.408. The van der Waals surface area contributed by atoms with E-state index in [1.165, 1.54) is 0 Å². The summed E-state index contributed by atoms with van der Waals surface area (Å²) in [5.74, 6) is 0.734. The minimum absolute atomic E-state index is 0.230. The van der Waals surface area contributed by atoms with Gasteiger partial charge in [-0.3, -0.25) is 0 Å². The maximum Gasteiger partial charge on any atom is 0.183 e. The first-order chi connectivity index (χ1) is 14.9. The molecule has 0 bridgehead atoms. The van der Waals surface area contributed by atoms with Crippen LogP contribution in [0.2, 0.25) is 0 Å². The third-order valence-electron chi connectivity index (χ3n) is 5.30. The Bertz CT molecular complexity index is 1150. The van der Waals surface area contributed by atoms with Gasteiger partial charge < -0.3 is 10.2 Å². The van der Waals surface area contributed by atoms with Crippen molar-refractivity contribution in [1.29, 1.82) is 0 Å². The van der Waals surface area contributed by atoms with Gasteiger partial charge in [0.05, 0.1) is 5.69 Å². The highest BCUT2D eigenvalue weighted by Gasteiger charge is 2.24. The van der Waals surface area contributed by atoms with Crippen LogP contribution in [0.15, 0.2) is 71.2 Å². The molecule has 0 unspecified atom stereocenters. The highest BCUT2D eigenvalue weighted by molar-refractivity contribution is 9.10.